The van der Waals surface area contributed by atoms with Crippen molar-refractivity contribution in [2.45, 2.75) is 25.5 Å². The van der Waals surface area contributed by atoms with Crippen LogP contribution < -0.4 is 10.6 Å². The summed E-state index contributed by atoms with van der Waals surface area (Å²) in [5.41, 5.74) is 10.8. The molecule has 2 aromatic rings. The molecule has 0 spiro atoms. The molecule has 2 N–H and O–H groups in total. The number of hydrogen-bond donors (Lipinski definition) is 1. The van der Waals surface area contributed by atoms with E-state index >= 15 is 0 Å². The molecule has 1 saturated heterocycles. The fraction of sp³-hybridized carbons (Fsp3) is 0.462. The first-order valence-electron chi connectivity index (χ1n) is 6.14. The van der Waals surface area contributed by atoms with E-state index in [4.69, 9.17) is 10.5 Å². The highest BCUT2D eigenvalue weighted by atomic mass is 32.1. The number of nitrogen functional groups attached to an aromatic ring is 1. The molecular weight excluding hydrogens is 246 g/mol. The average Bonchev–Trinajstić information content (AvgIpc) is 2.97. The molecule has 4 nitrogen and oxygen atoms in total. The van der Waals surface area contributed by atoms with Gasteiger partial charge in [-0.15, -0.1) is 11.3 Å². The number of nitrogens with two attached hydrogens (primary N) is 1. The molecule has 96 valence electrons. The summed E-state index contributed by atoms with van der Waals surface area (Å²) >= 11 is 1.62. The van der Waals surface area contributed by atoms with Crippen LogP contribution in [0.2, 0.25) is 0 Å². The zero-order valence-corrected chi connectivity index (χ0v) is 11.4. The quantitative estimate of drug-likeness (QED) is 0.846. The largest absolute Gasteiger partial charge is 0.395 e. The van der Waals surface area contributed by atoms with Crippen LogP contribution in [0.3, 0.4) is 0 Å². The van der Waals surface area contributed by atoms with Gasteiger partial charge in [-0.2, -0.15) is 0 Å². The van der Waals surface area contributed by atoms with Crippen molar-refractivity contribution in [1.29, 1.82) is 0 Å². The molecule has 2 atom stereocenters. The first kappa shape index (κ1) is 11.7. The third-order valence-corrected chi connectivity index (χ3v) is 4.53. The van der Waals surface area contributed by atoms with Gasteiger partial charge in [-0.25, -0.2) is 4.98 Å². The monoisotopic (exact) mass is 263 g/mol. The lowest BCUT2D eigenvalue weighted by molar-refractivity contribution is 0.118. The lowest BCUT2D eigenvalue weighted by Crippen LogP contribution is -2.37. The van der Waals surface area contributed by atoms with Crippen LogP contribution in [-0.2, 0) is 4.74 Å². The Hall–Kier alpha value is -1.33. The van der Waals surface area contributed by atoms with Gasteiger partial charge in [0.25, 0.3) is 0 Å². The number of likely N-dealkylation sites (N-methyl/N-ethyl adjacent to an activating group) is 1. The lowest BCUT2D eigenvalue weighted by atomic mass is 10.1. The second kappa shape index (κ2) is 4.40. The lowest BCUT2D eigenvalue weighted by Gasteiger charge is -2.29. The van der Waals surface area contributed by atoms with Gasteiger partial charge in [0.05, 0.1) is 33.7 Å². The van der Waals surface area contributed by atoms with Crippen LogP contribution in [0.1, 0.15) is 13.3 Å². The highest BCUT2D eigenvalue weighted by molar-refractivity contribution is 7.16. The molecule has 0 aliphatic carbocycles. The van der Waals surface area contributed by atoms with Crippen molar-refractivity contribution in [3.8, 4) is 0 Å². The molecule has 1 aromatic heterocycles. The van der Waals surface area contributed by atoms with E-state index in [9.17, 15) is 0 Å². The molecule has 0 amide bonds. The average molecular weight is 263 g/mol. The second-order valence-electron chi connectivity index (χ2n) is 4.74. The van der Waals surface area contributed by atoms with E-state index in [-0.39, 0.29) is 6.10 Å². The summed E-state index contributed by atoms with van der Waals surface area (Å²) < 4.78 is 6.76. The van der Waals surface area contributed by atoms with Crippen molar-refractivity contribution in [2.75, 3.05) is 24.3 Å². The van der Waals surface area contributed by atoms with Gasteiger partial charge in [0.2, 0.25) is 0 Å². The number of thiazole rings is 1. The molecule has 1 aliphatic rings. The predicted octanol–water partition coefficient (Wildman–Crippen LogP) is 2.49. The standard InChI is InChI=1S/C13H17N3OS/c1-8-9(5-6-17-8)16(2)10-3-4-11-13(12(10)14)15-7-18-11/h3-4,7-9H,5-6,14H2,1-2H3. The summed E-state index contributed by atoms with van der Waals surface area (Å²) in [4.78, 5) is 6.57. The van der Waals surface area contributed by atoms with Crippen molar-refractivity contribution in [2.24, 2.45) is 0 Å². The normalized spacial score (nSPS) is 23.7. The Morgan fingerprint density at radius 2 is 2.33 bits per heavy atom. The topological polar surface area (TPSA) is 51.4 Å². The number of benzene rings is 1. The first-order chi connectivity index (χ1) is 8.68. The minimum absolute atomic E-state index is 0.250. The van der Waals surface area contributed by atoms with Crippen LogP contribution in [0.4, 0.5) is 11.4 Å². The van der Waals surface area contributed by atoms with Gasteiger partial charge >= 0.3 is 0 Å². The summed E-state index contributed by atoms with van der Waals surface area (Å²) in [5, 5.41) is 0. The fourth-order valence-electron chi connectivity index (χ4n) is 2.66. The van der Waals surface area contributed by atoms with Gasteiger partial charge < -0.3 is 15.4 Å². The maximum absolute atomic E-state index is 6.24. The van der Waals surface area contributed by atoms with Crippen LogP contribution in [0, 0.1) is 0 Å². The van der Waals surface area contributed by atoms with Gasteiger partial charge in [-0.05, 0) is 25.5 Å². The van der Waals surface area contributed by atoms with E-state index in [1.807, 2.05) is 5.51 Å². The van der Waals surface area contributed by atoms with Gasteiger partial charge in [0.15, 0.2) is 0 Å². The maximum atomic E-state index is 6.24. The Kier molecular flexibility index (Phi) is 2.87. The molecule has 0 radical (unpaired) electrons. The van der Waals surface area contributed by atoms with E-state index in [0.717, 1.165) is 34.6 Å². The minimum Gasteiger partial charge on any atom is -0.395 e. The second-order valence-corrected chi connectivity index (χ2v) is 5.63. The summed E-state index contributed by atoms with van der Waals surface area (Å²) in [5.74, 6) is 0. The number of fused-ring (bicyclic) bond motifs is 1. The van der Waals surface area contributed by atoms with Crippen molar-refractivity contribution in [1.82, 2.24) is 4.98 Å². The predicted molar refractivity (Wildman–Crippen MR) is 76.3 cm³/mol. The smallest absolute Gasteiger partial charge is 0.106 e. The molecule has 3 rings (SSSR count). The first-order valence-corrected chi connectivity index (χ1v) is 7.02. The molecule has 5 heteroatoms. The summed E-state index contributed by atoms with van der Waals surface area (Å²) in [7, 11) is 2.08. The summed E-state index contributed by atoms with van der Waals surface area (Å²) in [6.07, 6.45) is 1.30. The number of nitrogens with zero attached hydrogens (tertiary/aromatic N) is 2. The van der Waals surface area contributed by atoms with Crippen LogP contribution in [0.25, 0.3) is 10.2 Å². The van der Waals surface area contributed by atoms with Gasteiger partial charge in [-0.1, -0.05) is 0 Å². The number of aromatic nitrogens is 1. The summed E-state index contributed by atoms with van der Waals surface area (Å²) in [6.45, 7) is 2.95. The molecule has 1 fully saturated rings. The van der Waals surface area contributed by atoms with Gasteiger partial charge in [0, 0.05) is 13.7 Å². The van der Waals surface area contributed by atoms with Crippen molar-refractivity contribution >= 4 is 32.9 Å². The molecule has 2 heterocycles. The number of rotatable bonds is 2. The summed E-state index contributed by atoms with van der Waals surface area (Å²) in [6, 6.07) is 4.57. The van der Waals surface area contributed by atoms with E-state index in [0.29, 0.717) is 6.04 Å². The Labute approximate surface area is 110 Å². The molecular formula is C13H17N3OS. The van der Waals surface area contributed by atoms with E-state index in [1.54, 1.807) is 11.3 Å². The highest BCUT2D eigenvalue weighted by Crippen LogP contribution is 2.34. The molecule has 18 heavy (non-hydrogen) atoms. The third-order valence-electron chi connectivity index (χ3n) is 3.73. The van der Waals surface area contributed by atoms with E-state index in [1.165, 1.54) is 0 Å². The van der Waals surface area contributed by atoms with Crippen molar-refractivity contribution < 1.29 is 4.74 Å². The molecule has 2 unspecified atom stereocenters. The van der Waals surface area contributed by atoms with Gasteiger partial charge in [0.1, 0.15) is 5.52 Å². The third kappa shape index (κ3) is 1.74. The molecule has 1 aromatic carbocycles. The van der Waals surface area contributed by atoms with Crippen LogP contribution in [0.15, 0.2) is 17.6 Å². The van der Waals surface area contributed by atoms with Crippen LogP contribution in [0.5, 0.6) is 0 Å². The number of anilines is 2. The highest BCUT2D eigenvalue weighted by Gasteiger charge is 2.29. The van der Waals surface area contributed by atoms with Gasteiger partial charge in [-0.3, -0.25) is 0 Å². The zero-order chi connectivity index (χ0) is 12.7. The van der Waals surface area contributed by atoms with Crippen molar-refractivity contribution in [3.63, 3.8) is 0 Å². The SMILES string of the molecule is CC1OCCC1N(C)c1ccc2scnc2c1N. The minimum atomic E-state index is 0.250. The van der Waals surface area contributed by atoms with E-state index in [2.05, 4.69) is 36.0 Å². The van der Waals surface area contributed by atoms with E-state index < -0.39 is 0 Å². The maximum Gasteiger partial charge on any atom is 0.106 e. The number of ether oxygens (including phenoxy) is 1. The molecule has 0 bridgehead atoms. The number of hydrogen-bond acceptors (Lipinski definition) is 5. The molecule has 1 aliphatic heterocycles. The zero-order valence-electron chi connectivity index (χ0n) is 10.6. The molecule has 0 saturated carbocycles. The van der Waals surface area contributed by atoms with Crippen molar-refractivity contribution in [3.05, 3.63) is 17.6 Å². The fourth-order valence-corrected chi connectivity index (χ4v) is 3.35. The Morgan fingerprint density at radius 1 is 1.50 bits per heavy atom. The Bertz CT molecular complexity index is 568. The van der Waals surface area contributed by atoms with Crippen LogP contribution >= 0.6 is 11.3 Å². The Balaban J connectivity index is 2.00. The Morgan fingerprint density at radius 3 is 3.06 bits per heavy atom. The van der Waals surface area contributed by atoms with Crippen LogP contribution in [-0.4, -0.2) is 30.8 Å².